The summed E-state index contributed by atoms with van der Waals surface area (Å²) in [5.41, 5.74) is 3.38. The summed E-state index contributed by atoms with van der Waals surface area (Å²) in [5.74, 6) is 0.278. The second-order valence-corrected chi connectivity index (χ2v) is 14.1. The minimum Gasteiger partial charge on any atom is -0.481 e. The third-order valence-electron chi connectivity index (χ3n) is 10.3. The number of aliphatic hydroxyl groups is 1. The number of aliphatic hydroxyl groups excluding tert-OH is 1. The van der Waals surface area contributed by atoms with E-state index in [4.69, 9.17) is 14.6 Å². The topological polar surface area (TPSA) is 122 Å². The minimum atomic E-state index is -0.696. The summed E-state index contributed by atoms with van der Waals surface area (Å²) in [6.07, 6.45) is 19.2. The zero-order chi connectivity index (χ0) is 35.0. The molecule has 0 aliphatic carbocycles. The Labute approximate surface area is 291 Å². The van der Waals surface area contributed by atoms with Gasteiger partial charge in [-0.1, -0.05) is 69.9 Å². The van der Waals surface area contributed by atoms with E-state index >= 15 is 0 Å². The lowest BCUT2D eigenvalue weighted by atomic mass is 9.91. The van der Waals surface area contributed by atoms with E-state index in [2.05, 4.69) is 17.0 Å². The molecule has 5 rings (SSSR count). The van der Waals surface area contributed by atoms with Crippen molar-refractivity contribution in [1.82, 2.24) is 19.6 Å². The quantitative estimate of drug-likeness (QED) is 0.129. The first kappa shape index (κ1) is 38.7. The molecule has 272 valence electrons. The Bertz CT molecular complexity index is 1500. The van der Waals surface area contributed by atoms with Crippen LogP contribution >= 0.6 is 0 Å². The number of hydrogen-bond acceptors (Lipinski definition) is 7. The summed E-state index contributed by atoms with van der Waals surface area (Å²) < 4.78 is 20.6. The van der Waals surface area contributed by atoms with Crippen molar-refractivity contribution in [3.05, 3.63) is 57.1 Å². The van der Waals surface area contributed by atoms with Crippen molar-refractivity contribution in [2.24, 2.45) is 0 Å². The average Bonchev–Trinajstić information content (AvgIpc) is 3.51. The molecule has 2 aliphatic heterocycles. The monoisotopic (exact) mass is 682 g/mol. The number of carbonyl (C=O) groups is 1. The number of piperidine rings is 1. The van der Waals surface area contributed by atoms with E-state index in [1.165, 1.54) is 37.8 Å². The van der Waals surface area contributed by atoms with E-state index in [0.717, 1.165) is 144 Å². The SMILES string of the molecule is CCCCCCCC(O)CCCCCCCC(=O)O.Cc1nc2n(c(=O)c1CCN1CCC(c3noc4cc(F)ccc34)CC1)CCCC2. The second kappa shape index (κ2) is 20.5. The number of aliphatic carboxylic acids is 1. The van der Waals surface area contributed by atoms with Gasteiger partial charge in [0.2, 0.25) is 0 Å². The van der Waals surface area contributed by atoms with Crippen molar-refractivity contribution in [3.8, 4) is 0 Å². The van der Waals surface area contributed by atoms with Gasteiger partial charge in [-0.2, -0.15) is 0 Å². The minimum absolute atomic E-state index is 0.124. The normalized spacial score (nSPS) is 15.9. The van der Waals surface area contributed by atoms with Crippen LogP contribution in [0.1, 0.15) is 145 Å². The summed E-state index contributed by atoms with van der Waals surface area (Å²) in [6, 6.07) is 4.63. The first-order valence-corrected chi connectivity index (χ1v) is 19.0. The fourth-order valence-electron chi connectivity index (χ4n) is 7.26. The standard InChI is InChI=1S/C23H27FN4O2.C16H32O3/c1-15-18(23(29)28-10-3-2-4-21(28)25-15)9-13-27-11-7-16(8-12-27)22-19-6-5-17(24)14-20(19)30-26-22;1-2-3-4-6-9-12-15(17)13-10-7-5-8-11-14-16(18)19/h5-6,14,16H,2-4,7-13H2,1H3;15,17H,2-14H2,1H3,(H,18,19). The van der Waals surface area contributed by atoms with Gasteiger partial charge >= 0.3 is 5.97 Å². The average molecular weight is 683 g/mol. The number of likely N-dealkylation sites (tertiary alicyclic amines) is 1. The molecule has 0 spiro atoms. The van der Waals surface area contributed by atoms with Gasteiger partial charge in [-0.05, 0) is 83.5 Å². The first-order valence-electron chi connectivity index (χ1n) is 19.0. The zero-order valence-electron chi connectivity index (χ0n) is 29.9. The molecule has 1 unspecified atom stereocenters. The number of carboxylic acids is 1. The van der Waals surface area contributed by atoms with Crippen LogP contribution in [0.3, 0.4) is 0 Å². The van der Waals surface area contributed by atoms with Gasteiger partial charge in [0.25, 0.3) is 5.56 Å². The molecule has 3 aromatic rings. The van der Waals surface area contributed by atoms with E-state index in [0.29, 0.717) is 17.9 Å². The molecule has 49 heavy (non-hydrogen) atoms. The smallest absolute Gasteiger partial charge is 0.303 e. The molecule has 9 nitrogen and oxygen atoms in total. The van der Waals surface area contributed by atoms with Gasteiger partial charge in [-0.25, -0.2) is 9.37 Å². The molecule has 0 radical (unpaired) electrons. The van der Waals surface area contributed by atoms with E-state index in [1.807, 2.05) is 11.5 Å². The number of aromatic nitrogens is 3. The van der Waals surface area contributed by atoms with Gasteiger partial charge in [0, 0.05) is 54.6 Å². The molecule has 0 saturated carbocycles. The molecule has 1 aromatic carbocycles. The van der Waals surface area contributed by atoms with Crippen LogP contribution in [0.4, 0.5) is 4.39 Å². The Morgan fingerprint density at radius 1 is 1.00 bits per heavy atom. The van der Waals surface area contributed by atoms with E-state index < -0.39 is 5.97 Å². The fourth-order valence-corrected chi connectivity index (χ4v) is 7.26. The number of unbranched alkanes of at least 4 members (excludes halogenated alkanes) is 8. The lowest BCUT2D eigenvalue weighted by molar-refractivity contribution is -0.137. The lowest BCUT2D eigenvalue weighted by Crippen LogP contribution is -2.37. The van der Waals surface area contributed by atoms with E-state index in [9.17, 15) is 19.1 Å². The van der Waals surface area contributed by atoms with Gasteiger partial charge in [0.1, 0.15) is 11.6 Å². The van der Waals surface area contributed by atoms with Crippen molar-refractivity contribution in [2.45, 2.75) is 154 Å². The van der Waals surface area contributed by atoms with Gasteiger partial charge < -0.3 is 19.6 Å². The summed E-state index contributed by atoms with van der Waals surface area (Å²) in [5, 5.41) is 23.4. The number of benzene rings is 1. The largest absolute Gasteiger partial charge is 0.481 e. The van der Waals surface area contributed by atoms with Gasteiger partial charge in [0.05, 0.1) is 11.8 Å². The Balaban J connectivity index is 0.000000249. The highest BCUT2D eigenvalue weighted by Gasteiger charge is 2.26. The number of nitrogens with zero attached hydrogens (tertiary/aromatic N) is 4. The Kier molecular flexibility index (Phi) is 16.2. The summed E-state index contributed by atoms with van der Waals surface area (Å²) in [4.78, 5) is 30.4. The second-order valence-electron chi connectivity index (χ2n) is 14.1. The molecule has 1 saturated heterocycles. The Hall–Kier alpha value is -3.11. The molecule has 2 N–H and O–H groups in total. The molecule has 0 bridgehead atoms. The molecule has 4 heterocycles. The van der Waals surface area contributed by atoms with Crippen LogP contribution in [0.2, 0.25) is 0 Å². The Morgan fingerprint density at radius 2 is 1.69 bits per heavy atom. The summed E-state index contributed by atoms with van der Waals surface area (Å²) in [7, 11) is 0. The molecule has 1 fully saturated rings. The van der Waals surface area contributed by atoms with Gasteiger partial charge in [0.15, 0.2) is 5.58 Å². The van der Waals surface area contributed by atoms with Gasteiger partial charge in [-0.15, -0.1) is 0 Å². The van der Waals surface area contributed by atoms with Gasteiger partial charge in [-0.3, -0.25) is 14.2 Å². The molecule has 1 atom stereocenters. The maximum absolute atomic E-state index is 13.4. The number of carboxylic acid groups (broad SMARTS) is 1. The fraction of sp³-hybridized carbons (Fsp3) is 0.692. The van der Waals surface area contributed by atoms with Crippen LogP contribution < -0.4 is 5.56 Å². The predicted molar refractivity (Wildman–Crippen MR) is 192 cm³/mol. The van der Waals surface area contributed by atoms with Crippen molar-refractivity contribution in [1.29, 1.82) is 0 Å². The molecule has 2 aromatic heterocycles. The number of hydrogen-bond donors (Lipinski definition) is 2. The van der Waals surface area contributed by atoms with Crippen LogP contribution in [-0.2, 0) is 24.2 Å². The molecule has 0 amide bonds. The molecule has 10 heteroatoms. The highest BCUT2D eigenvalue weighted by molar-refractivity contribution is 5.79. The molecular formula is C39H59FN4O5. The van der Waals surface area contributed by atoms with Crippen LogP contribution in [0.25, 0.3) is 11.0 Å². The van der Waals surface area contributed by atoms with Crippen molar-refractivity contribution in [3.63, 3.8) is 0 Å². The first-order chi connectivity index (χ1) is 23.8. The van der Waals surface area contributed by atoms with Crippen molar-refractivity contribution in [2.75, 3.05) is 19.6 Å². The van der Waals surface area contributed by atoms with Crippen molar-refractivity contribution < 1.29 is 23.9 Å². The molecule has 2 aliphatic rings. The third-order valence-corrected chi connectivity index (χ3v) is 10.3. The summed E-state index contributed by atoms with van der Waals surface area (Å²) >= 11 is 0. The van der Waals surface area contributed by atoms with Crippen LogP contribution in [0, 0.1) is 12.7 Å². The number of aryl methyl sites for hydroxylation is 2. The van der Waals surface area contributed by atoms with E-state index in [1.54, 1.807) is 6.07 Å². The van der Waals surface area contributed by atoms with E-state index in [-0.39, 0.29) is 17.5 Å². The third kappa shape index (κ3) is 12.3. The number of rotatable bonds is 18. The highest BCUT2D eigenvalue weighted by Crippen LogP contribution is 2.33. The molecular weight excluding hydrogens is 623 g/mol. The maximum atomic E-state index is 13.4. The Morgan fingerprint density at radius 3 is 2.41 bits per heavy atom. The predicted octanol–water partition coefficient (Wildman–Crippen LogP) is 8.11. The highest BCUT2D eigenvalue weighted by atomic mass is 19.1. The van der Waals surface area contributed by atoms with Crippen LogP contribution in [0.15, 0.2) is 27.5 Å². The maximum Gasteiger partial charge on any atom is 0.303 e. The van der Waals surface area contributed by atoms with Crippen LogP contribution in [-0.4, -0.2) is 61.5 Å². The number of halogens is 1. The summed E-state index contributed by atoms with van der Waals surface area (Å²) in [6.45, 7) is 7.77. The van der Waals surface area contributed by atoms with Crippen molar-refractivity contribution >= 4 is 16.9 Å². The lowest BCUT2D eigenvalue weighted by Gasteiger charge is -2.31. The number of fused-ring (bicyclic) bond motifs is 2. The zero-order valence-corrected chi connectivity index (χ0v) is 29.9. The van der Waals surface area contributed by atoms with Crippen LogP contribution in [0.5, 0.6) is 0 Å².